The van der Waals surface area contributed by atoms with Crippen LogP contribution in [0.3, 0.4) is 0 Å². The highest BCUT2D eigenvalue weighted by Crippen LogP contribution is 2.26. The van der Waals surface area contributed by atoms with Crippen LogP contribution in [0, 0.1) is 0 Å². The zero-order valence-corrected chi connectivity index (χ0v) is 17.4. The number of thiocarbonyl (C=S) groups is 1. The van der Waals surface area contributed by atoms with Crippen LogP contribution in [0.25, 0.3) is 0 Å². The lowest BCUT2D eigenvalue weighted by atomic mass is 10.1. The molecule has 0 unspecified atom stereocenters. The first-order chi connectivity index (χ1) is 14.5. The fraction of sp³-hybridized carbons (Fsp3) is 0.0870. The summed E-state index contributed by atoms with van der Waals surface area (Å²) in [6.45, 7) is 1.51. The molecule has 152 valence electrons. The molecule has 0 saturated carbocycles. The van der Waals surface area contributed by atoms with Crippen LogP contribution in [0.5, 0.6) is 5.75 Å². The second-order valence-electron chi connectivity index (χ2n) is 6.45. The summed E-state index contributed by atoms with van der Waals surface area (Å²) in [6, 6.07) is 21.3. The molecule has 0 radical (unpaired) electrons. The van der Waals surface area contributed by atoms with Crippen LogP contribution in [-0.4, -0.2) is 23.9 Å². The first kappa shape index (κ1) is 21.0. The molecule has 30 heavy (non-hydrogen) atoms. The van der Waals surface area contributed by atoms with Crippen LogP contribution < -0.4 is 20.7 Å². The molecule has 6 nitrogen and oxygen atoms in total. The van der Waals surface area contributed by atoms with Gasteiger partial charge in [0.15, 0.2) is 10.9 Å². The minimum absolute atomic E-state index is 0.0312. The maximum absolute atomic E-state index is 12.6. The summed E-state index contributed by atoms with van der Waals surface area (Å²) in [5.41, 5.74) is 2.95. The lowest BCUT2D eigenvalue weighted by molar-refractivity contribution is 0.101. The van der Waals surface area contributed by atoms with E-state index in [0.29, 0.717) is 39.1 Å². The third kappa shape index (κ3) is 5.42. The Labute approximate surface area is 180 Å². The SMILES string of the molecule is COc1ccc(C(=O)Nc2ccccc2)cc1NC(=S)Nc1cccc(C(C)=O)c1. The summed E-state index contributed by atoms with van der Waals surface area (Å²) < 4.78 is 5.37. The summed E-state index contributed by atoms with van der Waals surface area (Å²) in [4.78, 5) is 24.1. The molecule has 0 saturated heterocycles. The lowest BCUT2D eigenvalue weighted by Crippen LogP contribution is -2.20. The molecule has 0 fully saturated rings. The molecule has 0 aliphatic heterocycles. The fourth-order valence-corrected chi connectivity index (χ4v) is 3.00. The normalized spacial score (nSPS) is 10.1. The van der Waals surface area contributed by atoms with E-state index in [0.717, 1.165) is 0 Å². The zero-order chi connectivity index (χ0) is 21.5. The number of para-hydroxylation sites is 1. The maximum Gasteiger partial charge on any atom is 0.255 e. The minimum atomic E-state index is -0.250. The summed E-state index contributed by atoms with van der Waals surface area (Å²) in [5, 5.41) is 9.23. The third-order valence-corrected chi connectivity index (χ3v) is 4.47. The van der Waals surface area contributed by atoms with Gasteiger partial charge in [-0.25, -0.2) is 0 Å². The first-order valence-corrected chi connectivity index (χ1v) is 9.60. The van der Waals surface area contributed by atoms with E-state index in [1.165, 1.54) is 14.0 Å². The zero-order valence-electron chi connectivity index (χ0n) is 16.6. The number of rotatable bonds is 6. The van der Waals surface area contributed by atoms with E-state index in [2.05, 4.69) is 16.0 Å². The molecule has 0 spiro atoms. The Morgan fingerprint density at radius 1 is 0.800 bits per heavy atom. The highest BCUT2D eigenvalue weighted by Gasteiger charge is 2.12. The Morgan fingerprint density at radius 2 is 1.53 bits per heavy atom. The number of benzene rings is 3. The van der Waals surface area contributed by atoms with Crippen molar-refractivity contribution >= 4 is 46.1 Å². The summed E-state index contributed by atoms with van der Waals surface area (Å²) in [7, 11) is 1.54. The molecule has 0 bridgehead atoms. The monoisotopic (exact) mass is 419 g/mol. The van der Waals surface area contributed by atoms with Gasteiger partial charge in [-0.3, -0.25) is 9.59 Å². The molecule has 1 amide bonds. The van der Waals surface area contributed by atoms with Crippen molar-refractivity contribution in [2.24, 2.45) is 0 Å². The van der Waals surface area contributed by atoms with E-state index in [-0.39, 0.29) is 11.7 Å². The largest absolute Gasteiger partial charge is 0.495 e. The number of carbonyl (C=O) groups excluding carboxylic acids is 2. The Morgan fingerprint density at radius 3 is 2.23 bits per heavy atom. The average molecular weight is 420 g/mol. The number of carbonyl (C=O) groups is 2. The number of methoxy groups -OCH3 is 1. The minimum Gasteiger partial charge on any atom is -0.495 e. The molecule has 3 aromatic rings. The summed E-state index contributed by atoms with van der Waals surface area (Å²) >= 11 is 5.39. The van der Waals surface area contributed by atoms with Crippen LogP contribution in [0.15, 0.2) is 72.8 Å². The van der Waals surface area contributed by atoms with Gasteiger partial charge in [0, 0.05) is 22.5 Å². The number of hydrogen-bond donors (Lipinski definition) is 3. The Kier molecular flexibility index (Phi) is 6.77. The number of anilines is 3. The van der Waals surface area contributed by atoms with Gasteiger partial charge in [-0.1, -0.05) is 30.3 Å². The molecule has 0 aliphatic carbocycles. The number of Topliss-reactive ketones (excluding diaryl/α,β-unsaturated/α-hetero) is 1. The molecule has 7 heteroatoms. The molecule has 3 N–H and O–H groups in total. The number of ketones is 1. The number of ether oxygens (including phenoxy) is 1. The topological polar surface area (TPSA) is 79.5 Å². The van der Waals surface area contributed by atoms with Gasteiger partial charge in [0.1, 0.15) is 5.75 Å². The second-order valence-corrected chi connectivity index (χ2v) is 6.86. The Hall–Kier alpha value is -3.71. The lowest BCUT2D eigenvalue weighted by Gasteiger charge is -2.15. The quantitative estimate of drug-likeness (QED) is 0.387. The van der Waals surface area contributed by atoms with Gasteiger partial charge in [0.2, 0.25) is 0 Å². The Bertz CT molecular complexity index is 1080. The van der Waals surface area contributed by atoms with Crippen molar-refractivity contribution in [3.05, 3.63) is 83.9 Å². The van der Waals surface area contributed by atoms with Crippen molar-refractivity contribution in [2.45, 2.75) is 6.92 Å². The maximum atomic E-state index is 12.6. The number of nitrogens with one attached hydrogen (secondary N) is 3. The predicted octanol–water partition coefficient (Wildman–Crippen LogP) is 4.96. The number of hydrogen-bond acceptors (Lipinski definition) is 4. The van der Waals surface area contributed by atoms with Crippen LogP contribution in [0.2, 0.25) is 0 Å². The Balaban J connectivity index is 1.75. The highest BCUT2D eigenvalue weighted by atomic mass is 32.1. The van der Waals surface area contributed by atoms with Gasteiger partial charge < -0.3 is 20.7 Å². The number of amides is 1. The average Bonchev–Trinajstić information content (AvgIpc) is 2.74. The van der Waals surface area contributed by atoms with Crippen molar-refractivity contribution in [3.8, 4) is 5.75 Å². The van der Waals surface area contributed by atoms with E-state index in [9.17, 15) is 9.59 Å². The van der Waals surface area contributed by atoms with Gasteiger partial charge in [0.25, 0.3) is 5.91 Å². The van der Waals surface area contributed by atoms with Crippen molar-refractivity contribution in [1.82, 2.24) is 0 Å². The van der Waals surface area contributed by atoms with E-state index in [1.54, 1.807) is 42.5 Å². The van der Waals surface area contributed by atoms with Crippen molar-refractivity contribution in [3.63, 3.8) is 0 Å². The first-order valence-electron chi connectivity index (χ1n) is 9.19. The second kappa shape index (κ2) is 9.67. The van der Waals surface area contributed by atoms with Crippen molar-refractivity contribution in [2.75, 3.05) is 23.1 Å². The van der Waals surface area contributed by atoms with Gasteiger partial charge in [0.05, 0.1) is 12.8 Å². The molecule has 3 rings (SSSR count). The van der Waals surface area contributed by atoms with Gasteiger partial charge in [-0.15, -0.1) is 0 Å². The summed E-state index contributed by atoms with van der Waals surface area (Å²) in [6.07, 6.45) is 0. The molecular formula is C23H21N3O3S. The molecular weight excluding hydrogens is 398 g/mol. The smallest absolute Gasteiger partial charge is 0.255 e. The van der Waals surface area contributed by atoms with Gasteiger partial charge in [-0.05, 0) is 61.6 Å². The molecule has 0 aliphatic rings. The molecule has 0 aromatic heterocycles. The van der Waals surface area contributed by atoms with E-state index < -0.39 is 0 Å². The third-order valence-electron chi connectivity index (χ3n) is 4.27. The molecule has 3 aromatic carbocycles. The standard InChI is InChI=1S/C23H21N3O3S/c1-15(27)16-7-6-10-19(13-16)25-23(30)26-20-14-17(11-12-21(20)29-2)22(28)24-18-8-4-3-5-9-18/h3-14H,1-2H3,(H,24,28)(H2,25,26,30). The molecule has 0 heterocycles. The van der Waals surface area contributed by atoms with Crippen molar-refractivity contribution < 1.29 is 14.3 Å². The van der Waals surface area contributed by atoms with Gasteiger partial charge >= 0.3 is 0 Å². The fourth-order valence-electron chi connectivity index (χ4n) is 2.77. The van der Waals surface area contributed by atoms with Crippen LogP contribution in [0.1, 0.15) is 27.6 Å². The van der Waals surface area contributed by atoms with E-state index in [4.69, 9.17) is 17.0 Å². The van der Waals surface area contributed by atoms with Crippen LogP contribution in [0.4, 0.5) is 17.1 Å². The highest BCUT2D eigenvalue weighted by molar-refractivity contribution is 7.80. The molecule has 0 atom stereocenters. The van der Waals surface area contributed by atoms with Gasteiger partial charge in [-0.2, -0.15) is 0 Å². The van der Waals surface area contributed by atoms with E-state index in [1.807, 2.05) is 30.3 Å². The van der Waals surface area contributed by atoms with E-state index >= 15 is 0 Å². The van der Waals surface area contributed by atoms with Crippen LogP contribution in [-0.2, 0) is 0 Å². The summed E-state index contributed by atoms with van der Waals surface area (Å²) in [5.74, 6) is 0.254. The van der Waals surface area contributed by atoms with Crippen LogP contribution >= 0.6 is 12.2 Å². The predicted molar refractivity (Wildman–Crippen MR) is 124 cm³/mol. The van der Waals surface area contributed by atoms with Crippen molar-refractivity contribution in [1.29, 1.82) is 0 Å².